The van der Waals surface area contributed by atoms with Crippen molar-refractivity contribution in [2.24, 2.45) is 0 Å². The lowest BCUT2D eigenvalue weighted by Crippen LogP contribution is -2.47. The Kier molecular flexibility index (Phi) is 6.73. The molecule has 0 spiro atoms. The van der Waals surface area contributed by atoms with E-state index < -0.39 is 0 Å². The highest BCUT2D eigenvalue weighted by molar-refractivity contribution is 7.13. The lowest BCUT2D eigenvalue weighted by Gasteiger charge is -2.36. The molecular formula is C22H32N4OS. The molecule has 2 heterocycles. The fraction of sp³-hybridized carbons (Fsp3) is 0.545. The number of hydrogen-bond acceptors (Lipinski definition) is 5. The highest BCUT2D eigenvalue weighted by Crippen LogP contribution is 2.26. The zero-order valence-electron chi connectivity index (χ0n) is 17.5. The van der Waals surface area contributed by atoms with Crippen molar-refractivity contribution >= 4 is 22.9 Å². The van der Waals surface area contributed by atoms with Gasteiger partial charge < -0.3 is 10.2 Å². The van der Waals surface area contributed by atoms with Crippen LogP contribution in [0.1, 0.15) is 47.4 Å². The van der Waals surface area contributed by atoms with E-state index in [2.05, 4.69) is 72.1 Å². The molecule has 0 aliphatic carbocycles. The summed E-state index contributed by atoms with van der Waals surface area (Å²) in [6, 6.07) is 8.73. The third-order valence-corrected chi connectivity index (χ3v) is 6.47. The predicted octanol–water partition coefficient (Wildman–Crippen LogP) is 3.69. The Hall–Kier alpha value is -1.92. The number of anilines is 1. The first-order valence-corrected chi connectivity index (χ1v) is 10.9. The summed E-state index contributed by atoms with van der Waals surface area (Å²) < 4.78 is 0. The van der Waals surface area contributed by atoms with Crippen LogP contribution >= 0.6 is 11.3 Å². The van der Waals surface area contributed by atoms with Crippen LogP contribution in [-0.4, -0.2) is 55.1 Å². The Morgan fingerprint density at radius 1 is 1.21 bits per heavy atom. The van der Waals surface area contributed by atoms with Crippen LogP contribution in [0.2, 0.25) is 0 Å². The molecule has 1 aromatic carbocycles. The van der Waals surface area contributed by atoms with Crippen molar-refractivity contribution in [3.8, 4) is 0 Å². The lowest BCUT2D eigenvalue weighted by atomic mass is 9.98. The van der Waals surface area contributed by atoms with Gasteiger partial charge in [-0.3, -0.25) is 9.69 Å². The number of hydrogen-bond donors (Lipinski definition) is 1. The van der Waals surface area contributed by atoms with Crippen LogP contribution in [0, 0.1) is 6.92 Å². The van der Waals surface area contributed by atoms with Crippen LogP contribution in [0.25, 0.3) is 0 Å². The molecule has 0 atom stereocenters. The molecule has 2 aromatic rings. The molecule has 0 bridgehead atoms. The van der Waals surface area contributed by atoms with Gasteiger partial charge in [0.05, 0.1) is 11.2 Å². The topological polar surface area (TPSA) is 48.5 Å². The molecule has 28 heavy (non-hydrogen) atoms. The molecule has 1 N–H and O–H groups in total. The van der Waals surface area contributed by atoms with Crippen LogP contribution in [0.5, 0.6) is 0 Å². The van der Waals surface area contributed by atoms with Crippen molar-refractivity contribution in [2.75, 3.05) is 44.2 Å². The zero-order valence-corrected chi connectivity index (χ0v) is 18.3. The average molecular weight is 401 g/mol. The van der Waals surface area contributed by atoms with Crippen molar-refractivity contribution < 1.29 is 4.79 Å². The molecular weight excluding hydrogens is 368 g/mol. The summed E-state index contributed by atoms with van der Waals surface area (Å²) in [5, 5.41) is 4.04. The summed E-state index contributed by atoms with van der Waals surface area (Å²) in [5.41, 5.74) is 2.63. The fourth-order valence-corrected chi connectivity index (χ4v) is 4.26. The maximum absolute atomic E-state index is 12.3. The van der Waals surface area contributed by atoms with Crippen molar-refractivity contribution in [1.29, 1.82) is 0 Å². The van der Waals surface area contributed by atoms with E-state index >= 15 is 0 Å². The summed E-state index contributed by atoms with van der Waals surface area (Å²) in [6.45, 7) is 14.5. The van der Waals surface area contributed by atoms with Crippen LogP contribution < -0.4 is 10.2 Å². The number of carbonyl (C=O) groups is 1. The van der Waals surface area contributed by atoms with Gasteiger partial charge in [0.25, 0.3) is 5.91 Å². The Labute approximate surface area is 172 Å². The van der Waals surface area contributed by atoms with Gasteiger partial charge in [0.2, 0.25) is 0 Å². The van der Waals surface area contributed by atoms with Gasteiger partial charge in [0, 0.05) is 43.8 Å². The van der Waals surface area contributed by atoms with E-state index in [9.17, 15) is 4.79 Å². The van der Waals surface area contributed by atoms with E-state index in [0.29, 0.717) is 11.4 Å². The van der Waals surface area contributed by atoms with E-state index in [1.165, 1.54) is 22.6 Å². The second-order valence-corrected chi connectivity index (χ2v) is 9.59. The zero-order chi connectivity index (χ0) is 20.1. The minimum Gasteiger partial charge on any atom is -0.369 e. The van der Waals surface area contributed by atoms with E-state index in [1.807, 2.05) is 0 Å². The van der Waals surface area contributed by atoms with Crippen molar-refractivity contribution in [1.82, 2.24) is 15.2 Å². The number of amides is 1. The number of carbonyl (C=O) groups excluding carboxylic acids is 1. The maximum atomic E-state index is 12.3. The predicted molar refractivity (Wildman–Crippen MR) is 118 cm³/mol. The number of aryl methyl sites for hydroxylation is 1. The number of nitrogens with zero attached hydrogens (tertiary/aromatic N) is 3. The van der Waals surface area contributed by atoms with Gasteiger partial charge in [0.15, 0.2) is 0 Å². The van der Waals surface area contributed by atoms with Crippen LogP contribution in [0.4, 0.5) is 5.69 Å². The lowest BCUT2D eigenvalue weighted by molar-refractivity contribution is 0.0955. The van der Waals surface area contributed by atoms with Gasteiger partial charge in [-0.1, -0.05) is 32.9 Å². The molecule has 1 fully saturated rings. The van der Waals surface area contributed by atoms with Crippen molar-refractivity contribution in [3.05, 3.63) is 45.9 Å². The molecule has 1 aliphatic rings. The van der Waals surface area contributed by atoms with Gasteiger partial charge in [-0.15, -0.1) is 11.3 Å². The Morgan fingerprint density at radius 2 is 1.96 bits per heavy atom. The van der Waals surface area contributed by atoms with Gasteiger partial charge in [-0.2, -0.15) is 0 Å². The van der Waals surface area contributed by atoms with Gasteiger partial charge >= 0.3 is 0 Å². The first kappa shape index (κ1) is 20.8. The van der Waals surface area contributed by atoms with Gasteiger partial charge in [-0.05, 0) is 37.6 Å². The molecule has 0 saturated carbocycles. The minimum atomic E-state index is -0.0101. The summed E-state index contributed by atoms with van der Waals surface area (Å²) >= 11 is 1.49. The summed E-state index contributed by atoms with van der Waals surface area (Å²) in [6.07, 6.45) is 2.67. The Morgan fingerprint density at radius 3 is 2.61 bits per heavy atom. The number of thiazole rings is 1. The van der Waals surface area contributed by atoms with Crippen LogP contribution in [-0.2, 0) is 5.41 Å². The smallest absolute Gasteiger partial charge is 0.263 e. The summed E-state index contributed by atoms with van der Waals surface area (Å²) in [7, 11) is 0. The van der Waals surface area contributed by atoms with Gasteiger partial charge in [-0.25, -0.2) is 4.98 Å². The number of piperazine rings is 1. The quantitative estimate of drug-likeness (QED) is 0.752. The molecule has 1 aliphatic heterocycles. The highest BCUT2D eigenvalue weighted by Gasteiger charge is 2.20. The first-order chi connectivity index (χ1) is 13.3. The molecule has 1 amide bonds. The molecule has 5 nitrogen and oxygen atoms in total. The third-order valence-electron chi connectivity index (χ3n) is 5.05. The SMILES string of the molecule is Cc1cccc(N2CCN(CCCNC(=O)c3cnc(C(C)(C)C)s3)CC2)c1. The largest absolute Gasteiger partial charge is 0.369 e. The molecule has 1 aromatic heterocycles. The van der Waals surface area contributed by atoms with Gasteiger partial charge in [0.1, 0.15) is 4.88 Å². The van der Waals surface area contributed by atoms with E-state index in [0.717, 1.165) is 44.2 Å². The van der Waals surface area contributed by atoms with Crippen LogP contribution in [0.3, 0.4) is 0 Å². The summed E-state index contributed by atoms with van der Waals surface area (Å²) in [5.74, 6) is -0.00253. The average Bonchev–Trinajstić information content (AvgIpc) is 3.16. The Bertz CT molecular complexity index is 788. The van der Waals surface area contributed by atoms with E-state index in [-0.39, 0.29) is 11.3 Å². The Balaban J connectivity index is 1.36. The third kappa shape index (κ3) is 5.55. The molecule has 3 rings (SSSR count). The molecule has 0 unspecified atom stereocenters. The first-order valence-electron chi connectivity index (χ1n) is 10.1. The number of rotatable bonds is 6. The second kappa shape index (κ2) is 9.05. The maximum Gasteiger partial charge on any atom is 0.263 e. The van der Waals surface area contributed by atoms with Crippen molar-refractivity contribution in [2.45, 2.75) is 39.5 Å². The molecule has 152 valence electrons. The molecule has 6 heteroatoms. The monoisotopic (exact) mass is 400 g/mol. The second-order valence-electron chi connectivity index (χ2n) is 8.56. The van der Waals surface area contributed by atoms with E-state index in [4.69, 9.17) is 0 Å². The number of aromatic nitrogens is 1. The standard InChI is InChI=1S/C22H32N4OS/c1-17-7-5-8-18(15-17)26-13-11-25(12-14-26)10-6-9-23-20(27)19-16-24-21(28-19)22(2,3)4/h5,7-8,15-16H,6,9-14H2,1-4H3,(H,23,27). The fourth-order valence-electron chi connectivity index (χ4n) is 3.37. The van der Waals surface area contributed by atoms with Crippen LogP contribution in [0.15, 0.2) is 30.5 Å². The normalized spacial score (nSPS) is 15.6. The number of benzene rings is 1. The molecule has 1 saturated heterocycles. The number of nitrogens with one attached hydrogen (secondary N) is 1. The molecule has 0 radical (unpaired) electrons. The summed E-state index contributed by atoms with van der Waals surface area (Å²) in [4.78, 5) is 22.3. The highest BCUT2D eigenvalue weighted by atomic mass is 32.1. The van der Waals surface area contributed by atoms with E-state index in [1.54, 1.807) is 6.20 Å². The van der Waals surface area contributed by atoms with Crippen molar-refractivity contribution in [3.63, 3.8) is 0 Å². The minimum absolute atomic E-state index is 0.00253.